The third-order valence-electron chi connectivity index (χ3n) is 5.48. The number of anilines is 1. The Morgan fingerprint density at radius 1 is 1.14 bits per heavy atom. The monoisotopic (exact) mass is 556 g/mol. The molecule has 2 aromatic rings. The molecular formula is C22H28N4O9S2. The molecule has 0 aliphatic carbocycles. The van der Waals surface area contributed by atoms with E-state index >= 15 is 0 Å². The number of rotatable bonds is 11. The zero-order valence-electron chi connectivity index (χ0n) is 20.3. The molecule has 37 heavy (non-hydrogen) atoms. The molecule has 0 bridgehead atoms. The predicted octanol–water partition coefficient (Wildman–Crippen LogP) is 0.885. The Balaban J connectivity index is 1.55. The highest BCUT2D eigenvalue weighted by atomic mass is 32.2. The van der Waals surface area contributed by atoms with E-state index < -0.39 is 37.4 Å². The van der Waals surface area contributed by atoms with Crippen LogP contribution in [0, 0.1) is 17.0 Å². The molecule has 0 spiro atoms. The largest absolute Gasteiger partial charge is 0.492 e. The molecule has 1 aliphatic rings. The Kier molecular flexibility index (Phi) is 9.07. The molecule has 0 atom stereocenters. The van der Waals surface area contributed by atoms with Crippen LogP contribution < -0.4 is 14.4 Å². The number of nitro groups is 1. The van der Waals surface area contributed by atoms with Gasteiger partial charge in [0.2, 0.25) is 26.0 Å². The molecular weight excluding hydrogens is 528 g/mol. The summed E-state index contributed by atoms with van der Waals surface area (Å²) in [5, 5.41) is 13.6. The number of benzene rings is 2. The third kappa shape index (κ3) is 7.38. The number of carbonyl (C=O) groups excluding carboxylic acids is 1. The van der Waals surface area contributed by atoms with Crippen LogP contribution >= 0.6 is 0 Å². The van der Waals surface area contributed by atoms with E-state index in [0.717, 1.165) is 16.6 Å². The van der Waals surface area contributed by atoms with Gasteiger partial charge in [-0.2, -0.15) is 4.31 Å². The van der Waals surface area contributed by atoms with Crippen molar-refractivity contribution in [2.75, 3.05) is 56.6 Å². The second-order valence-electron chi connectivity index (χ2n) is 8.18. The van der Waals surface area contributed by atoms with Gasteiger partial charge in [-0.25, -0.2) is 16.8 Å². The van der Waals surface area contributed by atoms with Gasteiger partial charge in [0.15, 0.2) is 0 Å². The molecule has 1 heterocycles. The molecule has 0 aromatic heterocycles. The predicted molar refractivity (Wildman–Crippen MR) is 135 cm³/mol. The minimum Gasteiger partial charge on any atom is -0.492 e. The van der Waals surface area contributed by atoms with Gasteiger partial charge in [0.25, 0.3) is 5.69 Å². The molecule has 1 N–H and O–H groups in total. The lowest BCUT2D eigenvalue weighted by Gasteiger charge is -2.26. The average Bonchev–Trinajstić information content (AvgIpc) is 2.85. The number of ether oxygens (including phenoxy) is 2. The standard InChI is InChI=1S/C22H28N4O9S2/c1-17-3-4-18(26(28)29)15-21(17)25(36(2,30)31)16-22(27)23-9-12-35-19-5-7-20(8-6-19)37(32,33)24-10-13-34-14-11-24/h3-8,15H,9-14,16H2,1-2H3,(H,23,27). The number of amides is 1. The van der Waals surface area contributed by atoms with E-state index in [0.29, 0.717) is 24.5 Å². The van der Waals surface area contributed by atoms with Gasteiger partial charge in [-0.1, -0.05) is 6.07 Å². The minimum absolute atomic E-state index is 0.0372. The lowest BCUT2D eigenvalue weighted by molar-refractivity contribution is -0.384. The number of non-ortho nitro benzene ring substituents is 1. The first-order valence-electron chi connectivity index (χ1n) is 11.2. The highest BCUT2D eigenvalue weighted by Gasteiger charge is 2.26. The van der Waals surface area contributed by atoms with Gasteiger partial charge in [0.1, 0.15) is 18.9 Å². The maximum atomic E-state index is 12.7. The van der Waals surface area contributed by atoms with Crippen LogP contribution in [0.1, 0.15) is 5.56 Å². The maximum Gasteiger partial charge on any atom is 0.271 e. The summed E-state index contributed by atoms with van der Waals surface area (Å²) in [6.07, 6.45) is 0.907. The van der Waals surface area contributed by atoms with Gasteiger partial charge >= 0.3 is 0 Å². The molecule has 1 amide bonds. The van der Waals surface area contributed by atoms with E-state index in [9.17, 15) is 31.7 Å². The van der Waals surface area contributed by atoms with Crippen molar-refractivity contribution >= 4 is 37.3 Å². The Morgan fingerprint density at radius 2 is 1.78 bits per heavy atom. The number of hydrogen-bond donors (Lipinski definition) is 1. The number of aryl methyl sites for hydroxylation is 1. The number of morpholine rings is 1. The molecule has 0 radical (unpaired) electrons. The van der Waals surface area contributed by atoms with Crippen LogP contribution in [-0.2, 0) is 29.6 Å². The second kappa shape index (κ2) is 11.9. The summed E-state index contributed by atoms with van der Waals surface area (Å²) in [4.78, 5) is 23.0. The molecule has 1 saturated heterocycles. The molecule has 15 heteroatoms. The number of nitrogens with zero attached hydrogens (tertiary/aromatic N) is 3. The second-order valence-corrected chi connectivity index (χ2v) is 12.0. The van der Waals surface area contributed by atoms with Crippen LogP contribution in [-0.4, -0.2) is 84.2 Å². The zero-order valence-corrected chi connectivity index (χ0v) is 22.0. The number of carbonyl (C=O) groups is 1. The van der Waals surface area contributed by atoms with Gasteiger partial charge in [-0.15, -0.1) is 0 Å². The molecule has 2 aromatic carbocycles. The van der Waals surface area contributed by atoms with Crippen LogP contribution in [0.2, 0.25) is 0 Å². The van der Waals surface area contributed by atoms with Crippen LogP contribution in [0.5, 0.6) is 5.75 Å². The lowest BCUT2D eigenvalue weighted by atomic mass is 10.2. The normalized spacial score (nSPS) is 14.6. The van der Waals surface area contributed by atoms with Crippen molar-refractivity contribution in [1.29, 1.82) is 0 Å². The summed E-state index contributed by atoms with van der Waals surface area (Å²) in [5.41, 5.74) is 0.188. The number of hydrogen-bond acceptors (Lipinski definition) is 9. The summed E-state index contributed by atoms with van der Waals surface area (Å²) in [6.45, 7) is 2.36. The molecule has 1 fully saturated rings. The minimum atomic E-state index is -3.92. The van der Waals surface area contributed by atoms with Crippen LogP contribution in [0.3, 0.4) is 0 Å². The summed E-state index contributed by atoms with van der Waals surface area (Å²) in [5.74, 6) is -0.243. The average molecular weight is 557 g/mol. The molecule has 13 nitrogen and oxygen atoms in total. The highest BCUT2D eigenvalue weighted by Crippen LogP contribution is 2.27. The van der Waals surface area contributed by atoms with E-state index in [2.05, 4.69) is 5.32 Å². The fourth-order valence-electron chi connectivity index (χ4n) is 3.55. The van der Waals surface area contributed by atoms with E-state index in [4.69, 9.17) is 9.47 Å². The molecule has 3 rings (SSSR count). The van der Waals surface area contributed by atoms with E-state index in [1.807, 2.05) is 0 Å². The smallest absolute Gasteiger partial charge is 0.271 e. The van der Waals surface area contributed by atoms with E-state index in [-0.39, 0.29) is 42.5 Å². The number of sulfonamides is 2. The van der Waals surface area contributed by atoms with Gasteiger partial charge in [-0.3, -0.25) is 19.2 Å². The van der Waals surface area contributed by atoms with Crippen molar-refractivity contribution in [3.05, 3.63) is 58.1 Å². The first-order chi connectivity index (χ1) is 17.4. The summed E-state index contributed by atoms with van der Waals surface area (Å²) >= 11 is 0. The third-order valence-corrected chi connectivity index (χ3v) is 8.52. The number of nitro benzene ring substituents is 1. The Labute approximate surface area is 215 Å². The summed E-state index contributed by atoms with van der Waals surface area (Å²) in [7, 11) is -7.54. The fraction of sp³-hybridized carbons (Fsp3) is 0.409. The van der Waals surface area contributed by atoms with Crippen molar-refractivity contribution < 1.29 is 36.0 Å². The van der Waals surface area contributed by atoms with E-state index in [1.165, 1.54) is 40.7 Å². The van der Waals surface area contributed by atoms with Crippen LogP contribution in [0.15, 0.2) is 47.4 Å². The lowest BCUT2D eigenvalue weighted by Crippen LogP contribution is -2.41. The van der Waals surface area contributed by atoms with Gasteiger partial charge < -0.3 is 14.8 Å². The van der Waals surface area contributed by atoms with Gasteiger partial charge in [0, 0.05) is 25.2 Å². The SMILES string of the molecule is Cc1ccc([N+](=O)[O-])cc1N(CC(=O)NCCOc1ccc(S(=O)(=O)N2CCOCC2)cc1)S(C)(=O)=O. The van der Waals surface area contributed by atoms with Gasteiger partial charge in [-0.05, 0) is 36.8 Å². The topological polar surface area (TPSA) is 165 Å². The molecule has 202 valence electrons. The van der Waals surface area contributed by atoms with Gasteiger partial charge in [0.05, 0.1) is 41.5 Å². The Bertz CT molecular complexity index is 1340. The molecule has 0 saturated carbocycles. The van der Waals surface area contributed by atoms with Crippen LogP contribution in [0.4, 0.5) is 11.4 Å². The Morgan fingerprint density at radius 3 is 2.38 bits per heavy atom. The first-order valence-corrected chi connectivity index (χ1v) is 14.5. The zero-order chi connectivity index (χ0) is 27.2. The molecule has 0 unspecified atom stereocenters. The number of nitrogens with one attached hydrogen (secondary N) is 1. The fourth-order valence-corrected chi connectivity index (χ4v) is 5.86. The summed E-state index contributed by atoms with van der Waals surface area (Å²) < 4.78 is 62.9. The van der Waals surface area contributed by atoms with Crippen molar-refractivity contribution in [3.8, 4) is 5.75 Å². The Hall–Kier alpha value is -3.27. The molecule has 1 aliphatic heterocycles. The summed E-state index contributed by atoms with van der Waals surface area (Å²) in [6, 6.07) is 9.65. The van der Waals surface area contributed by atoms with Crippen LogP contribution in [0.25, 0.3) is 0 Å². The first kappa shape index (κ1) is 28.3. The van der Waals surface area contributed by atoms with Crippen molar-refractivity contribution in [1.82, 2.24) is 9.62 Å². The highest BCUT2D eigenvalue weighted by molar-refractivity contribution is 7.92. The van der Waals surface area contributed by atoms with E-state index in [1.54, 1.807) is 6.92 Å². The quantitative estimate of drug-likeness (QED) is 0.240. The van der Waals surface area contributed by atoms with Crippen molar-refractivity contribution in [2.45, 2.75) is 11.8 Å². The van der Waals surface area contributed by atoms with Crippen molar-refractivity contribution in [3.63, 3.8) is 0 Å². The maximum absolute atomic E-state index is 12.7. The van der Waals surface area contributed by atoms with Crippen molar-refractivity contribution in [2.24, 2.45) is 0 Å².